The Kier molecular flexibility index (Phi) is 1.92. The van der Waals surface area contributed by atoms with Crippen LogP contribution in [0.1, 0.15) is 10.4 Å². The van der Waals surface area contributed by atoms with Gasteiger partial charge in [0.15, 0.2) is 0 Å². The lowest BCUT2D eigenvalue weighted by Gasteiger charge is -1.91. The van der Waals surface area contributed by atoms with Crippen LogP contribution in [0.4, 0.5) is 0 Å². The summed E-state index contributed by atoms with van der Waals surface area (Å²) < 4.78 is 0. The second-order valence-corrected chi connectivity index (χ2v) is 2.25. The number of rotatable bonds is 1. The topological polar surface area (TPSA) is 37.3 Å². The highest BCUT2D eigenvalue weighted by Gasteiger charge is 1.99. The molecule has 1 aromatic carbocycles. The minimum Gasteiger partial charge on any atom is -0.478 e. The molecule has 0 fully saturated rings. The predicted molar refractivity (Wildman–Crippen MR) is 38.4 cm³/mol. The molecule has 3 heteroatoms. The number of halogens is 1. The number of carboxylic acids is 1. The van der Waals surface area contributed by atoms with Gasteiger partial charge >= 0.3 is 5.97 Å². The van der Waals surface area contributed by atoms with Crippen LogP contribution >= 0.6 is 11.6 Å². The molecule has 0 saturated carbocycles. The third-order valence-electron chi connectivity index (χ3n) is 1.09. The minimum absolute atomic E-state index is 0.254. The van der Waals surface area contributed by atoms with E-state index in [4.69, 9.17) is 16.7 Å². The smallest absolute Gasteiger partial charge is 0.335 e. The SMILES string of the molecule is O=[14C](O)c1ccc(Cl)cc1. The maximum Gasteiger partial charge on any atom is 0.335 e. The third kappa shape index (κ3) is 1.48. The summed E-state index contributed by atoms with van der Waals surface area (Å²) in [6.45, 7) is 0. The van der Waals surface area contributed by atoms with Gasteiger partial charge in [0, 0.05) is 5.02 Å². The molecule has 10 heavy (non-hydrogen) atoms. The number of carbonyl (C=O) groups is 1. The molecular weight excluding hydrogens is 154 g/mol. The van der Waals surface area contributed by atoms with Crippen LogP contribution in [0.3, 0.4) is 0 Å². The Balaban J connectivity index is 3.00. The Morgan fingerprint density at radius 3 is 2.20 bits per heavy atom. The van der Waals surface area contributed by atoms with Gasteiger partial charge in [-0.3, -0.25) is 0 Å². The van der Waals surface area contributed by atoms with E-state index in [2.05, 4.69) is 0 Å². The summed E-state index contributed by atoms with van der Waals surface area (Å²) in [5.74, 6) is -0.934. The van der Waals surface area contributed by atoms with Crippen LogP contribution in [0.2, 0.25) is 5.02 Å². The molecule has 0 bridgehead atoms. The zero-order valence-electron chi connectivity index (χ0n) is 5.04. The first-order valence-electron chi connectivity index (χ1n) is 2.69. The summed E-state index contributed by atoms with van der Waals surface area (Å²) in [6.07, 6.45) is 0. The maximum atomic E-state index is 10.3. The molecule has 0 heterocycles. The van der Waals surface area contributed by atoms with Gasteiger partial charge in [-0.05, 0) is 24.3 Å². The van der Waals surface area contributed by atoms with Crippen molar-refractivity contribution in [1.29, 1.82) is 0 Å². The first kappa shape index (κ1) is 7.09. The zero-order chi connectivity index (χ0) is 7.56. The van der Waals surface area contributed by atoms with E-state index >= 15 is 0 Å². The summed E-state index contributed by atoms with van der Waals surface area (Å²) in [5.41, 5.74) is 0.254. The molecule has 52 valence electrons. The average Bonchev–Trinajstić information content (AvgIpc) is 1.88. The highest BCUT2D eigenvalue weighted by atomic mass is 35.5. The van der Waals surface area contributed by atoms with Gasteiger partial charge in [-0.15, -0.1) is 0 Å². The highest BCUT2D eigenvalue weighted by molar-refractivity contribution is 6.30. The van der Waals surface area contributed by atoms with Crippen molar-refractivity contribution in [3.8, 4) is 0 Å². The van der Waals surface area contributed by atoms with E-state index < -0.39 is 5.97 Å². The largest absolute Gasteiger partial charge is 0.478 e. The van der Waals surface area contributed by atoms with Gasteiger partial charge in [-0.1, -0.05) is 11.6 Å². The van der Waals surface area contributed by atoms with Crippen LogP contribution in [0.25, 0.3) is 0 Å². The van der Waals surface area contributed by atoms with E-state index in [1.165, 1.54) is 12.1 Å². The second-order valence-electron chi connectivity index (χ2n) is 1.81. The van der Waals surface area contributed by atoms with Gasteiger partial charge in [0.2, 0.25) is 0 Å². The van der Waals surface area contributed by atoms with Gasteiger partial charge in [-0.2, -0.15) is 0 Å². The van der Waals surface area contributed by atoms with Crippen molar-refractivity contribution in [1.82, 2.24) is 0 Å². The number of aromatic carboxylic acids is 1. The fourth-order valence-electron chi connectivity index (χ4n) is 0.592. The Bertz CT molecular complexity index is 240. The van der Waals surface area contributed by atoms with E-state index in [1.54, 1.807) is 12.1 Å². The molecule has 0 aromatic heterocycles. The normalized spacial score (nSPS) is 9.30. The van der Waals surface area contributed by atoms with Crippen LogP contribution in [-0.4, -0.2) is 11.1 Å². The summed E-state index contributed by atoms with van der Waals surface area (Å²) in [7, 11) is 0. The second kappa shape index (κ2) is 2.71. The minimum atomic E-state index is -0.934. The van der Waals surface area contributed by atoms with Crippen molar-refractivity contribution in [2.24, 2.45) is 0 Å². The van der Waals surface area contributed by atoms with E-state index in [0.29, 0.717) is 5.02 Å². The van der Waals surface area contributed by atoms with E-state index in [0.717, 1.165) is 0 Å². The Labute approximate surface area is 63.1 Å². The van der Waals surface area contributed by atoms with Crippen molar-refractivity contribution in [3.63, 3.8) is 0 Å². The lowest BCUT2D eigenvalue weighted by atomic mass is 10.3. The number of hydrogen-bond donors (Lipinski definition) is 1. The van der Waals surface area contributed by atoms with E-state index in [1.807, 2.05) is 0 Å². The zero-order valence-corrected chi connectivity index (χ0v) is 5.80. The van der Waals surface area contributed by atoms with Crippen molar-refractivity contribution in [2.75, 3.05) is 0 Å². The first-order valence-corrected chi connectivity index (χ1v) is 3.07. The molecule has 0 aliphatic heterocycles. The molecule has 0 saturated heterocycles. The van der Waals surface area contributed by atoms with E-state index in [-0.39, 0.29) is 5.56 Å². The quantitative estimate of drug-likeness (QED) is 0.679. The van der Waals surface area contributed by atoms with Gasteiger partial charge in [0.25, 0.3) is 0 Å². The number of benzene rings is 1. The van der Waals surface area contributed by atoms with Crippen LogP contribution in [0.15, 0.2) is 24.3 Å². The summed E-state index contributed by atoms with van der Waals surface area (Å²) in [6, 6.07) is 6.02. The van der Waals surface area contributed by atoms with E-state index in [9.17, 15) is 4.79 Å². The molecule has 0 aliphatic rings. The fraction of sp³-hybridized carbons (Fsp3) is 0. The monoisotopic (exact) mass is 158 g/mol. The summed E-state index contributed by atoms with van der Waals surface area (Å²) in [5, 5.41) is 8.98. The molecule has 2 nitrogen and oxygen atoms in total. The van der Waals surface area contributed by atoms with Gasteiger partial charge in [-0.25, -0.2) is 4.79 Å². The summed E-state index contributed by atoms with van der Waals surface area (Å²) in [4.78, 5) is 10.3. The standard InChI is InChI=1S/C7H5ClO2/c8-6-3-1-5(2-4-6)7(9)10/h1-4H,(H,9,10)/i7+2. The molecule has 1 rings (SSSR count). The van der Waals surface area contributed by atoms with Crippen LogP contribution < -0.4 is 0 Å². The molecule has 0 aliphatic carbocycles. The van der Waals surface area contributed by atoms with Crippen molar-refractivity contribution < 1.29 is 9.90 Å². The lowest BCUT2D eigenvalue weighted by molar-refractivity contribution is 0.0697. The number of carboxylic acid groups (broad SMARTS) is 1. The molecule has 0 amide bonds. The summed E-state index contributed by atoms with van der Waals surface area (Å²) >= 11 is 5.52. The first-order chi connectivity index (χ1) is 4.70. The Morgan fingerprint density at radius 2 is 1.80 bits per heavy atom. The van der Waals surface area contributed by atoms with Gasteiger partial charge in [0.05, 0.1) is 5.56 Å². The molecule has 0 radical (unpaired) electrons. The Morgan fingerprint density at radius 1 is 1.30 bits per heavy atom. The molecule has 0 atom stereocenters. The fourth-order valence-corrected chi connectivity index (χ4v) is 0.718. The third-order valence-corrected chi connectivity index (χ3v) is 1.34. The van der Waals surface area contributed by atoms with Gasteiger partial charge < -0.3 is 5.11 Å². The van der Waals surface area contributed by atoms with Gasteiger partial charge in [0.1, 0.15) is 0 Å². The van der Waals surface area contributed by atoms with Crippen LogP contribution in [0.5, 0.6) is 0 Å². The molecule has 1 aromatic rings. The lowest BCUT2D eigenvalue weighted by Crippen LogP contribution is -1.94. The van der Waals surface area contributed by atoms with Crippen molar-refractivity contribution in [3.05, 3.63) is 34.9 Å². The molecular formula is C7H5ClO2. The highest BCUT2D eigenvalue weighted by Crippen LogP contribution is 2.08. The molecule has 1 N–H and O–H groups in total. The van der Waals surface area contributed by atoms with Crippen LogP contribution in [-0.2, 0) is 0 Å². The maximum absolute atomic E-state index is 10.3. The predicted octanol–water partition coefficient (Wildman–Crippen LogP) is 2.04. The number of hydrogen-bond acceptors (Lipinski definition) is 1. The molecule has 0 spiro atoms. The van der Waals surface area contributed by atoms with Crippen LogP contribution in [0, 0.1) is 0 Å². The van der Waals surface area contributed by atoms with Crippen molar-refractivity contribution >= 4 is 17.6 Å². The molecule has 0 unspecified atom stereocenters. The van der Waals surface area contributed by atoms with Crippen molar-refractivity contribution in [2.45, 2.75) is 0 Å². The average molecular weight is 159 g/mol. The Hall–Kier alpha value is -1.02.